The molecule has 2 rings (SSSR count). The fraction of sp³-hybridized carbons (Fsp3) is 0.462. The molecule has 20 heavy (non-hydrogen) atoms. The number of aromatic nitrogens is 3. The number of amides is 1. The van der Waals surface area contributed by atoms with Crippen molar-refractivity contribution in [3.05, 3.63) is 28.9 Å². The quantitative estimate of drug-likeness (QED) is 0.884. The molecule has 7 nitrogen and oxygen atoms in total. The van der Waals surface area contributed by atoms with Crippen LogP contribution in [0.2, 0.25) is 0 Å². The maximum Gasteiger partial charge on any atom is 0.274 e. The first-order valence-electron chi connectivity index (χ1n) is 6.50. The highest BCUT2D eigenvalue weighted by Crippen LogP contribution is 2.21. The van der Waals surface area contributed by atoms with E-state index in [1.807, 2.05) is 27.7 Å². The first-order chi connectivity index (χ1) is 9.43. The van der Waals surface area contributed by atoms with E-state index in [-0.39, 0.29) is 17.6 Å². The molecule has 0 radical (unpaired) electrons. The van der Waals surface area contributed by atoms with Crippen molar-refractivity contribution in [2.75, 3.05) is 5.73 Å². The Balaban J connectivity index is 2.17. The average Bonchev–Trinajstić information content (AvgIpc) is 2.92. The van der Waals surface area contributed by atoms with Crippen molar-refractivity contribution < 1.29 is 9.32 Å². The second-order valence-corrected chi connectivity index (χ2v) is 4.72. The molecule has 0 aromatic carbocycles. The minimum absolute atomic E-state index is 0.222. The molecule has 0 saturated carbocycles. The van der Waals surface area contributed by atoms with Crippen LogP contribution in [0.25, 0.3) is 0 Å². The van der Waals surface area contributed by atoms with Crippen LogP contribution in [0, 0.1) is 13.8 Å². The van der Waals surface area contributed by atoms with Crippen molar-refractivity contribution in [2.24, 2.45) is 0 Å². The zero-order chi connectivity index (χ0) is 14.9. The molecule has 2 heterocycles. The lowest BCUT2D eigenvalue weighted by Gasteiger charge is -2.12. The first-order valence-corrected chi connectivity index (χ1v) is 6.50. The zero-order valence-corrected chi connectivity index (χ0v) is 12.1. The Morgan fingerprint density at radius 2 is 2.25 bits per heavy atom. The number of carbonyl (C=O) groups is 1. The smallest absolute Gasteiger partial charge is 0.274 e. The summed E-state index contributed by atoms with van der Waals surface area (Å²) in [6.45, 7) is 8.13. The van der Waals surface area contributed by atoms with Gasteiger partial charge in [0.25, 0.3) is 5.91 Å². The number of rotatable bonds is 4. The van der Waals surface area contributed by atoms with E-state index in [0.29, 0.717) is 18.0 Å². The number of nitrogens with two attached hydrogens (primary N) is 1. The number of hydrogen-bond acceptors (Lipinski definition) is 5. The lowest BCUT2D eigenvalue weighted by Crippen LogP contribution is -2.28. The summed E-state index contributed by atoms with van der Waals surface area (Å²) in [5.74, 6) is 0.393. The molecule has 0 aliphatic heterocycles. The number of anilines is 1. The molecule has 0 saturated heterocycles. The lowest BCUT2D eigenvalue weighted by atomic mass is 10.1. The van der Waals surface area contributed by atoms with E-state index < -0.39 is 0 Å². The van der Waals surface area contributed by atoms with Crippen LogP contribution < -0.4 is 11.1 Å². The summed E-state index contributed by atoms with van der Waals surface area (Å²) in [6, 6.07) is -0.222. The van der Waals surface area contributed by atoms with E-state index >= 15 is 0 Å². The van der Waals surface area contributed by atoms with Gasteiger partial charge in [0.1, 0.15) is 5.76 Å². The Bertz CT molecular complexity index is 609. The number of aryl methyl sites for hydroxylation is 3. The molecular weight excluding hydrogens is 258 g/mol. The van der Waals surface area contributed by atoms with Gasteiger partial charge in [0, 0.05) is 18.3 Å². The molecule has 0 aliphatic carbocycles. The van der Waals surface area contributed by atoms with Crippen molar-refractivity contribution >= 4 is 11.6 Å². The van der Waals surface area contributed by atoms with E-state index in [9.17, 15) is 4.79 Å². The maximum atomic E-state index is 12.2. The zero-order valence-electron chi connectivity index (χ0n) is 12.1. The van der Waals surface area contributed by atoms with Crippen LogP contribution in [-0.2, 0) is 6.54 Å². The van der Waals surface area contributed by atoms with Crippen molar-refractivity contribution in [1.29, 1.82) is 0 Å². The number of nitrogens with one attached hydrogen (secondary N) is 1. The molecule has 0 spiro atoms. The molecule has 3 N–H and O–H groups in total. The second-order valence-electron chi connectivity index (χ2n) is 4.72. The molecule has 7 heteroatoms. The summed E-state index contributed by atoms with van der Waals surface area (Å²) in [6.07, 6.45) is 1.65. The van der Waals surface area contributed by atoms with Gasteiger partial charge in [0.15, 0.2) is 5.69 Å². The molecule has 0 fully saturated rings. The number of hydrogen-bond donors (Lipinski definition) is 2. The lowest BCUT2D eigenvalue weighted by molar-refractivity contribution is 0.0934. The van der Waals surface area contributed by atoms with Crippen LogP contribution in [0.3, 0.4) is 0 Å². The summed E-state index contributed by atoms with van der Waals surface area (Å²) < 4.78 is 6.73. The molecule has 1 unspecified atom stereocenters. The van der Waals surface area contributed by atoms with Crippen LogP contribution in [0.1, 0.15) is 47.4 Å². The van der Waals surface area contributed by atoms with Crippen LogP contribution in [-0.4, -0.2) is 20.8 Å². The third-order valence-electron chi connectivity index (χ3n) is 3.20. The Morgan fingerprint density at radius 3 is 2.75 bits per heavy atom. The predicted molar refractivity (Wildman–Crippen MR) is 74.2 cm³/mol. The Morgan fingerprint density at radius 1 is 1.55 bits per heavy atom. The summed E-state index contributed by atoms with van der Waals surface area (Å²) in [5, 5.41) is 10.9. The van der Waals surface area contributed by atoms with E-state index in [2.05, 4.69) is 15.6 Å². The third-order valence-corrected chi connectivity index (χ3v) is 3.20. The van der Waals surface area contributed by atoms with Crippen LogP contribution in [0.4, 0.5) is 5.69 Å². The van der Waals surface area contributed by atoms with Crippen molar-refractivity contribution in [3.63, 3.8) is 0 Å². The molecular formula is C13H19N5O2. The Hall–Kier alpha value is -2.31. The molecule has 108 valence electrons. The van der Waals surface area contributed by atoms with Gasteiger partial charge in [0.05, 0.1) is 17.4 Å². The van der Waals surface area contributed by atoms with Crippen LogP contribution >= 0.6 is 0 Å². The first kappa shape index (κ1) is 14.1. The van der Waals surface area contributed by atoms with Gasteiger partial charge < -0.3 is 15.6 Å². The van der Waals surface area contributed by atoms with E-state index in [4.69, 9.17) is 10.3 Å². The van der Waals surface area contributed by atoms with E-state index in [1.54, 1.807) is 10.9 Å². The van der Waals surface area contributed by atoms with Crippen LogP contribution in [0.15, 0.2) is 10.7 Å². The molecule has 2 aromatic rings. The monoisotopic (exact) mass is 277 g/mol. The van der Waals surface area contributed by atoms with Crippen LogP contribution in [0.5, 0.6) is 0 Å². The highest BCUT2D eigenvalue weighted by molar-refractivity contribution is 5.97. The summed E-state index contributed by atoms with van der Waals surface area (Å²) in [4.78, 5) is 12.2. The maximum absolute atomic E-state index is 12.2. The normalized spacial score (nSPS) is 12.4. The molecule has 0 aliphatic rings. The fourth-order valence-corrected chi connectivity index (χ4v) is 2.22. The largest absolute Gasteiger partial charge is 0.396 e. The number of nitrogen functional groups attached to an aromatic ring is 1. The minimum Gasteiger partial charge on any atom is -0.396 e. The Kier molecular flexibility index (Phi) is 3.78. The van der Waals surface area contributed by atoms with Gasteiger partial charge in [-0.15, -0.1) is 0 Å². The average molecular weight is 277 g/mol. The topological polar surface area (TPSA) is 99.0 Å². The predicted octanol–water partition coefficient (Wildman–Crippen LogP) is 1.58. The Labute approximate surface area is 117 Å². The molecule has 1 amide bonds. The van der Waals surface area contributed by atoms with Gasteiger partial charge in [-0.3, -0.25) is 9.48 Å². The second kappa shape index (κ2) is 5.36. The molecule has 1 atom stereocenters. The SMILES string of the molecule is CCn1cc(N)c(C(=O)NC(C)c2c(C)noc2C)n1. The van der Waals surface area contributed by atoms with Crippen molar-refractivity contribution in [3.8, 4) is 0 Å². The van der Waals surface area contributed by atoms with Crippen molar-refractivity contribution in [2.45, 2.75) is 40.3 Å². The number of nitrogens with zero attached hydrogens (tertiary/aromatic N) is 3. The van der Waals surface area contributed by atoms with Gasteiger partial charge in [-0.25, -0.2) is 0 Å². The molecule has 0 bridgehead atoms. The van der Waals surface area contributed by atoms with Crippen molar-refractivity contribution in [1.82, 2.24) is 20.3 Å². The van der Waals surface area contributed by atoms with Gasteiger partial charge in [-0.1, -0.05) is 5.16 Å². The minimum atomic E-state index is -0.304. The summed E-state index contributed by atoms with van der Waals surface area (Å²) in [5.41, 5.74) is 8.06. The standard InChI is InChI=1S/C13H19N5O2/c1-5-18-6-10(14)12(16-18)13(19)15-7(2)11-8(3)17-20-9(11)4/h6-7H,5,14H2,1-4H3,(H,15,19). The fourth-order valence-electron chi connectivity index (χ4n) is 2.22. The van der Waals surface area contributed by atoms with Gasteiger partial charge in [0.2, 0.25) is 0 Å². The van der Waals surface area contributed by atoms with E-state index in [1.165, 1.54) is 0 Å². The summed E-state index contributed by atoms with van der Waals surface area (Å²) >= 11 is 0. The number of carbonyl (C=O) groups excluding carboxylic acids is 1. The molecule has 2 aromatic heterocycles. The summed E-state index contributed by atoms with van der Waals surface area (Å²) in [7, 11) is 0. The van der Waals surface area contributed by atoms with E-state index in [0.717, 1.165) is 11.3 Å². The third kappa shape index (κ3) is 2.52. The van der Waals surface area contributed by atoms with Gasteiger partial charge in [-0.2, -0.15) is 5.10 Å². The van der Waals surface area contributed by atoms with Gasteiger partial charge >= 0.3 is 0 Å². The highest BCUT2D eigenvalue weighted by atomic mass is 16.5. The highest BCUT2D eigenvalue weighted by Gasteiger charge is 2.21. The van der Waals surface area contributed by atoms with Gasteiger partial charge in [-0.05, 0) is 27.7 Å².